The number of nitrogen functional groups attached to an aromatic ring is 1. The van der Waals surface area contributed by atoms with E-state index in [2.05, 4.69) is 13.8 Å². The quantitative estimate of drug-likeness (QED) is 0.821. The van der Waals surface area contributed by atoms with Gasteiger partial charge in [0, 0.05) is 18.8 Å². The molecule has 1 aromatic rings. The summed E-state index contributed by atoms with van der Waals surface area (Å²) in [6.07, 6.45) is 0.959. The minimum atomic E-state index is -3.46. The van der Waals surface area contributed by atoms with Gasteiger partial charge in [-0.25, -0.2) is 8.42 Å². The average molecular weight is 298 g/mol. The van der Waals surface area contributed by atoms with E-state index in [9.17, 15) is 8.42 Å². The van der Waals surface area contributed by atoms with E-state index in [1.54, 1.807) is 12.1 Å². The van der Waals surface area contributed by atoms with Crippen LogP contribution in [0.1, 0.15) is 38.3 Å². The smallest absolute Gasteiger partial charge is 0.243 e. The van der Waals surface area contributed by atoms with E-state index in [1.165, 1.54) is 4.31 Å². The van der Waals surface area contributed by atoms with Crippen LogP contribution in [0.25, 0.3) is 0 Å². The number of hydrogen-bond donors (Lipinski definition) is 1. The van der Waals surface area contributed by atoms with Gasteiger partial charge in [0.15, 0.2) is 0 Å². The lowest BCUT2D eigenvalue weighted by Gasteiger charge is -2.24. The molecule has 0 fully saturated rings. The highest BCUT2D eigenvalue weighted by atomic mass is 32.2. The number of sulfonamides is 1. The van der Waals surface area contributed by atoms with Crippen LogP contribution in [0.3, 0.4) is 0 Å². The molecule has 5 heteroatoms. The van der Waals surface area contributed by atoms with Gasteiger partial charge in [0.25, 0.3) is 0 Å². The molecule has 114 valence electrons. The predicted molar refractivity (Wildman–Crippen MR) is 84.2 cm³/mol. The normalized spacial score (nSPS) is 13.7. The molecule has 1 rings (SSSR count). The van der Waals surface area contributed by atoms with Crippen LogP contribution >= 0.6 is 0 Å². The van der Waals surface area contributed by atoms with Gasteiger partial charge in [0.2, 0.25) is 10.0 Å². The largest absolute Gasteiger partial charge is 0.398 e. The van der Waals surface area contributed by atoms with E-state index >= 15 is 0 Å². The first-order chi connectivity index (χ1) is 9.23. The van der Waals surface area contributed by atoms with Gasteiger partial charge in [-0.3, -0.25) is 0 Å². The fourth-order valence-electron chi connectivity index (χ4n) is 2.02. The SMILES string of the molecule is CCC(C)CN(CC)S(=O)(=O)c1cc(C)c(C)c(N)c1. The third-order valence-electron chi connectivity index (χ3n) is 3.88. The molecule has 4 nitrogen and oxygen atoms in total. The maximum absolute atomic E-state index is 12.7. The molecule has 0 saturated heterocycles. The van der Waals surface area contributed by atoms with E-state index in [0.717, 1.165) is 17.5 Å². The van der Waals surface area contributed by atoms with Gasteiger partial charge >= 0.3 is 0 Å². The predicted octanol–water partition coefficient (Wildman–Crippen LogP) is 2.94. The Morgan fingerprint density at radius 1 is 1.25 bits per heavy atom. The maximum atomic E-state index is 12.7. The lowest BCUT2D eigenvalue weighted by Crippen LogP contribution is -2.34. The van der Waals surface area contributed by atoms with Crippen molar-refractivity contribution in [1.82, 2.24) is 4.31 Å². The van der Waals surface area contributed by atoms with Gasteiger partial charge in [-0.1, -0.05) is 27.2 Å². The molecule has 0 aliphatic rings. The molecule has 0 aromatic heterocycles. The molecule has 2 N–H and O–H groups in total. The van der Waals surface area contributed by atoms with E-state index < -0.39 is 10.0 Å². The minimum absolute atomic E-state index is 0.295. The first kappa shape index (κ1) is 17.0. The summed E-state index contributed by atoms with van der Waals surface area (Å²) in [5.41, 5.74) is 8.28. The second kappa shape index (κ2) is 6.59. The molecule has 0 heterocycles. The molecule has 0 radical (unpaired) electrons. The zero-order chi connectivity index (χ0) is 15.5. The van der Waals surface area contributed by atoms with Gasteiger partial charge in [-0.15, -0.1) is 0 Å². The van der Waals surface area contributed by atoms with Crippen molar-refractivity contribution >= 4 is 15.7 Å². The Kier molecular flexibility index (Phi) is 5.59. The lowest BCUT2D eigenvalue weighted by atomic mass is 10.1. The first-order valence-corrected chi connectivity index (χ1v) is 8.54. The topological polar surface area (TPSA) is 63.4 Å². The Morgan fingerprint density at radius 2 is 1.85 bits per heavy atom. The highest BCUT2D eigenvalue weighted by molar-refractivity contribution is 7.89. The number of rotatable bonds is 6. The van der Waals surface area contributed by atoms with E-state index in [1.807, 2.05) is 20.8 Å². The molecule has 1 unspecified atom stereocenters. The second-order valence-corrected chi connectivity index (χ2v) is 7.36. The van der Waals surface area contributed by atoms with Crippen LogP contribution in [-0.2, 0) is 10.0 Å². The number of anilines is 1. The summed E-state index contributed by atoms with van der Waals surface area (Å²) in [4.78, 5) is 0.295. The van der Waals surface area contributed by atoms with Gasteiger partial charge in [0.1, 0.15) is 0 Å². The zero-order valence-corrected chi connectivity index (χ0v) is 13.9. The third kappa shape index (κ3) is 3.52. The summed E-state index contributed by atoms with van der Waals surface area (Å²) in [6.45, 7) is 10.8. The zero-order valence-electron chi connectivity index (χ0n) is 13.1. The van der Waals surface area contributed by atoms with Crippen LogP contribution < -0.4 is 5.73 Å². The van der Waals surface area contributed by atoms with E-state index in [-0.39, 0.29) is 0 Å². The molecular formula is C15H26N2O2S. The first-order valence-electron chi connectivity index (χ1n) is 7.10. The number of benzene rings is 1. The number of nitrogens with two attached hydrogens (primary N) is 1. The average Bonchev–Trinajstić information content (AvgIpc) is 2.40. The van der Waals surface area contributed by atoms with Gasteiger partial charge in [-0.2, -0.15) is 4.31 Å². The Morgan fingerprint density at radius 3 is 2.30 bits per heavy atom. The molecule has 0 bridgehead atoms. The van der Waals surface area contributed by atoms with Gasteiger partial charge in [-0.05, 0) is 43.0 Å². The Bertz CT molecular complexity index is 544. The Hall–Kier alpha value is -1.07. The summed E-state index contributed by atoms with van der Waals surface area (Å²) in [5, 5.41) is 0. The number of aryl methyl sites for hydroxylation is 1. The molecular weight excluding hydrogens is 272 g/mol. The highest BCUT2D eigenvalue weighted by Gasteiger charge is 2.25. The van der Waals surface area contributed by atoms with Crippen molar-refractivity contribution in [1.29, 1.82) is 0 Å². The number of nitrogens with zero attached hydrogens (tertiary/aromatic N) is 1. The van der Waals surface area contributed by atoms with Crippen LogP contribution in [0.2, 0.25) is 0 Å². The van der Waals surface area contributed by atoms with Crippen molar-refractivity contribution < 1.29 is 8.42 Å². The molecule has 0 amide bonds. The summed E-state index contributed by atoms with van der Waals surface area (Å²) in [7, 11) is -3.46. The molecule has 20 heavy (non-hydrogen) atoms. The summed E-state index contributed by atoms with van der Waals surface area (Å²) in [6, 6.07) is 3.28. The van der Waals surface area contributed by atoms with E-state index in [0.29, 0.717) is 29.6 Å². The third-order valence-corrected chi connectivity index (χ3v) is 5.80. The van der Waals surface area contributed by atoms with Crippen molar-refractivity contribution in [2.75, 3.05) is 18.8 Å². The van der Waals surface area contributed by atoms with Crippen LogP contribution in [-0.4, -0.2) is 25.8 Å². The standard InChI is InChI=1S/C15H26N2O2S/c1-6-11(3)10-17(7-2)20(18,19)14-8-12(4)13(5)15(16)9-14/h8-9,11H,6-7,10,16H2,1-5H3. The van der Waals surface area contributed by atoms with Crippen LogP contribution in [0.15, 0.2) is 17.0 Å². The van der Waals surface area contributed by atoms with Gasteiger partial charge < -0.3 is 5.73 Å². The van der Waals surface area contributed by atoms with Gasteiger partial charge in [0.05, 0.1) is 4.90 Å². The maximum Gasteiger partial charge on any atom is 0.243 e. The lowest BCUT2D eigenvalue weighted by molar-refractivity contribution is 0.361. The highest BCUT2D eigenvalue weighted by Crippen LogP contribution is 2.24. The number of hydrogen-bond acceptors (Lipinski definition) is 3. The monoisotopic (exact) mass is 298 g/mol. The minimum Gasteiger partial charge on any atom is -0.398 e. The second-order valence-electron chi connectivity index (χ2n) is 5.42. The van der Waals surface area contributed by atoms with Crippen molar-refractivity contribution in [2.45, 2.75) is 45.9 Å². The van der Waals surface area contributed by atoms with Crippen LogP contribution in [0, 0.1) is 19.8 Å². The fourth-order valence-corrected chi connectivity index (χ4v) is 3.71. The van der Waals surface area contributed by atoms with Crippen LogP contribution in [0.5, 0.6) is 0 Å². The van der Waals surface area contributed by atoms with E-state index in [4.69, 9.17) is 5.73 Å². The molecule has 0 saturated carbocycles. The molecule has 1 atom stereocenters. The molecule has 0 aliphatic heterocycles. The summed E-state index contributed by atoms with van der Waals surface area (Å²) in [5.74, 6) is 0.341. The molecule has 0 aliphatic carbocycles. The summed E-state index contributed by atoms with van der Waals surface area (Å²) >= 11 is 0. The summed E-state index contributed by atoms with van der Waals surface area (Å²) < 4.78 is 26.9. The van der Waals surface area contributed by atoms with Crippen molar-refractivity contribution in [3.8, 4) is 0 Å². The molecule has 0 spiro atoms. The molecule has 1 aromatic carbocycles. The van der Waals surface area contributed by atoms with Crippen molar-refractivity contribution in [2.24, 2.45) is 5.92 Å². The Balaban J connectivity index is 3.21. The van der Waals surface area contributed by atoms with Crippen LogP contribution in [0.4, 0.5) is 5.69 Å². The fraction of sp³-hybridized carbons (Fsp3) is 0.600. The van der Waals surface area contributed by atoms with Crippen molar-refractivity contribution in [3.63, 3.8) is 0 Å². The Labute approximate surface area is 123 Å². The van der Waals surface area contributed by atoms with Crippen molar-refractivity contribution in [3.05, 3.63) is 23.3 Å².